The normalized spacial score (nSPS) is 11.8. The molecule has 0 aromatic carbocycles. The largest absolute Gasteiger partial charge is 0.369 e. The van der Waals surface area contributed by atoms with E-state index in [4.69, 9.17) is 0 Å². The molecule has 0 amide bonds. The van der Waals surface area contributed by atoms with Gasteiger partial charge in [-0.25, -0.2) is 23.1 Å². The van der Waals surface area contributed by atoms with Gasteiger partial charge in [0.15, 0.2) is 0 Å². The summed E-state index contributed by atoms with van der Waals surface area (Å²) >= 11 is 0. The number of aromatic nitrogens is 2. The van der Waals surface area contributed by atoms with Crippen molar-refractivity contribution in [1.82, 2.24) is 14.7 Å². The van der Waals surface area contributed by atoms with Crippen LogP contribution in [0.3, 0.4) is 0 Å². The van der Waals surface area contributed by atoms with Gasteiger partial charge >= 0.3 is 0 Å². The molecule has 1 aromatic rings. The molecule has 102 valence electrons. The van der Waals surface area contributed by atoms with Crippen LogP contribution in [0.15, 0.2) is 12.4 Å². The smallest absolute Gasteiger partial charge is 0.213 e. The minimum Gasteiger partial charge on any atom is -0.369 e. The van der Waals surface area contributed by atoms with Crippen molar-refractivity contribution in [3.8, 4) is 0 Å². The van der Waals surface area contributed by atoms with Crippen molar-refractivity contribution in [3.05, 3.63) is 18.1 Å². The van der Waals surface area contributed by atoms with Crippen LogP contribution in [0.5, 0.6) is 0 Å². The lowest BCUT2D eigenvalue weighted by atomic mass is 10.1. The van der Waals surface area contributed by atoms with E-state index >= 15 is 0 Å². The van der Waals surface area contributed by atoms with Gasteiger partial charge < -0.3 is 5.32 Å². The summed E-state index contributed by atoms with van der Waals surface area (Å²) in [5.41, 5.74) is 0.932. The zero-order valence-corrected chi connectivity index (χ0v) is 11.8. The van der Waals surface area contributed by atoms with Gasteiger partial charge in [0, 0.05) is 24.8 Å². The minimum absolute atomic E-state index is 0.0296. The quantitative estimate of drug-likeness (QED) is 0.772. The van der Waals surface area contributed by atoms with E-state index < -0.39 is 10.0 Å². The summed E-state index contributed by atoms with van der Waals surface area (Å²) in [6.45, 7) is 6.57. The highest BCUT2D eigenvalue weighted by Gasteiger charge is 2.08. The first-order chi connectivity index (χ1) is 8.44. The summed E-state index contributed by atoms with van der Waals surface area (Å²) in [4.78, 5) is 8.19. The molecule has 6 nitrogen and oxygen atoms in total. The molecule has 0 saturated carbocycles. The van der Waals surface area contributed by atoms with Crippen LogP contribution in [0.25, 0.3) is 0 Å². The third-order valence-corrected chi connectivity index (χ3v) is 3.79. The number of rotatable bonds is 7. The average Bonchev–Trinajstić information content (AvgIpc) is 2.29. The van der Waals surface area contributed by atoms with Crippen molar-refractivity contribution in [2.75, 3.05) is 24.2 Å². The van der Waals surface area contributed by atoms with Crippen LogP contribution < -0.4 is 10.0 Å². The van der Waals surface area contributed by atoms with Gasteiger partial charge in [-0.2, -0.15) is 0 Å². The summed E-state index contributed by atoms with van der Waals surface area (Å²) in [5.74, 6) is 1.00. The predicted octanol–water partition coefficient (Wildman–Crippen LogP) is 0.951. The van der Waals surface area contributed by atoms with Crippen LogP contribution in [-0.4, -0.2) is 37.2 Å². The molecule has 1 aromatic heterocycles. The third-order valence-electron chi connectivity index (χ3n) is 2.32. The van der Waals surface area contributed by atoms with Gasteiger partial charge in [0.2, 0.25) is 10.0 Å². The molecule has 7 heteroatoms. The van der Waals surface area contributed by atoms with Gasteiger partial charge in [0.05, 0.1) is 5.75 Å². The second kappa shape index (κ2) is 6.65. The molecule has 0 aliphatic rings. The van der Waals surface area contributed by atoms with Crippen molar-refractivity contribution in [1.29, 1.82) is 0 Å². The molecule has 0 radical (unpaired) electrons. The van der Waals surface area contributed by atoms with Crippen LogP contribution in [0, 0.1) is 0 Å². The highest BCUT2D eigenvalue weighted by Crippen LogP contribution is 2.13. The maximum Gasteiger partial charge on any atom is 0.213 e. The standard InChI is InChI=1S/C11H20N4O2S/c1-4-15-18(16,17)6-5-12-11-7-10(9(2)3)13-8-14-11/h7-9,15H,4-6H2,1-3H3,(H,12,13,14). The molecule has 0 unspecified atom stereocenters. The van der Waals surface area contributed by atoms with Crippen molar-refractivity contribution in [2.45, 2.75) is 26.7 Å². The maximum absolute atomic E-state index is 11.4. The van der Waals surface area contributed by atoms with Crippen LogP contribution in [-0.2, 0) is 10.0 Å². The van der Waals surface area contributed by atoms with Crippen LogP contribution in [0.2, 0.25) is 0 Å². The van der Waals surface area contributed by atoms with Crippen LogP contribution in [0.4, 0.5) is 5.82 Å². The summed E-state index contributed by atoms with van der Waals surface area (Å²) < 4.78 is 25.3. The summed E-state index contributed by atoms with van der Waals surface area (Å²) in [6.07, 6.45) is 1.48. The number of anilines is 1. The summed E-state index contributed by atoms with van der Waals surface area (Å²) in [7, 11) is -3.18. The molecule has 0 aliphatic heterocycles. The lowest BCUT2D eigenvalue weighted by molar-refractivity contribution is 0.584. The number of hydrogen-bond donors (Lipinski definition) is 2. The Labute approximate surface area is 108 Å². The molecule has 0 aliphatic carbocycles. The Morgan fingerprint density at radius 2 is 2.06 bits per heavy atom. The molecule has 0 spiro atoms. The van der Waals surface area contributed by atoms with E-state index in [9.17, 15) is 8.42 Å². The number of nitrogens with zero attached hydrogens (tertiary/aromatic N) is 2. The average molecular weight is 272 g/mol. The third kappa shape index (κ3) is 4.97. The zero-order chi connectivity index (χ0) is 13.6. The maximum atomic E-state index is 11.4. The fourth-order valence-corrected chi connectivity index (χ4v) is 2.35. The molecule has 2 N–H and O–H groups in total. The van der Waals surface area contributed by atoms with Gasteiger partial charge in [-0.15, -0.1) is 0 Å². The Morgan fingerprint density at radius 3 is 2.67 bits per heavy atom. The second-order valence-corrected chi connectivity index (χ2v) is 6.15. The molecule has 0 bridgehead atoms. The summed E-state index contributed by atoms with van der Waals surface area (Å²) in [6, 6.07) is 1.84. The van der Waals surface area contributed by atoms with E-state index in [-0.39, 0.29) is 5.75 Å². The molecular weight excluding hydrogens is 252 g/mol. The Morgan fingerprint density at radius 1 is 1.33 bits per heavy atom. The molecule has 0 fully saturated rings. The van der Waals surface area contributed by atoms with E-state index in [2.05, 4.69) is 20.0 Å². The first kappa shape index (κ1) is 14.8. The number of sulfonamides is 1. The van der Waals surface area contributed by atoms with Gasteiger partial charge in [0.1, 0.15) is 12.1 Å². The molecule has 0 saturated heterocycles. The molecule has 1 rings (SSSR count). The van der Waals surface area contributed by atoms with Gasteiger partial charge in [-0.05, 0) is 5.92 Å². The topological polar surface area (TPSA) is 84.0 Å². The molecule has 18 heavy (non-hydrogen) atoms. The van der Waals surface area contributed by atoms with Crippen LogP contribution >= 0.6 is 0 Å². The number of nitrogens with one attached hydrogen (secondary N) is 2. The van der Waals surface area contributed by atoms with E-state index in [0.29, 0.717) is 24.8 Å². The van der Waals surface area contributed by atoms with E-state index in [0.717, 1.165) is 5.69 Å². The monoisotopic (exact) mass is 272 g/mol. The fourth-order valence-electron chi connectivity index (χ4n) is 1.39. The Kier molecular flexibility index (Phi) is 5.49. The van der Waals surface area contributed by atoms with E-state index in [1.165, 1.54) is 6.33 Å². The van der Waals surface area contributed by atoms with Gasteiger partial charge in [0.25, 0.3) is 0 Å². The fraction of sp³-hybridized carbons (Fsp3) is 0.636. The lowest BCUT2D eigenvalue weighted by Gasteiger charge is -2.09. The van der Waals surface area contributed by atoms with Gasteiger partial charge in [-0.1, -0.05) is 20.8 Å². The van der Waals surface area contributed by atoms with Crippen molar-refractivity contribution in [3.63, 3.8) is 0 Å². The molecule has 0 atom stereocenters. The first-order valence-electron chi connectivity index (χ1n) is 5.97. The zero-order valence-electron chi connectivity index (χ0n) is 11.0. The van der Waals surface area contributed by atoms with E-state index in [1.54, 1.807) is 6.92 Å². The van der Waals surface area contributed by atoms with Crippen molar-refractivity contribution < 1.29 is 8.42 Å². The Bertz CT molecular complexity index is 474. The minimum atomic E-state index is -3.18. The van der Waals surface area contributed by atoms with Gasteiger partial charge in [-0.3, -0.25) is 0 Å². The lowest BCUT2D eigenvalue weighted by Crippen LogP contribution is -2.29. The first-order valence-corrected chi connectivity index (χ1v) is 7.63. The predicted molar refractivity (Wildman–Crippen MR) is 72.1 cm³/mol. The molecular formula is C11H20N4O2S. The van der Waals surface area contributed by atoms with Crippen molar-refractivity contribution >= 4 is 15.8 Å². The highest BCUT2D eigenvalue weighted by molar-refractivity contribution is 7.89. The van der Waals surface area contributed by atoms with Crippen molar-refractivity contribution in [2.24, 2.45) is 0 Å². The Hall–Kier alpha value is -1.21. The molecule has 1 heterocycles. The van der Waals surface area contributed by atoms with Crippen LogP contribution in [0.1, 0.15) is 32.4 Å². The summed E-state index contributed by atoms with van der Waals surface area (Å²) in [5, 5.41) is 2.98. The van der Waals surface area contributed by atoms with E-state index in [1.807, 2.05) is 19.9 Å². The highest BCUT2D eigenvalue weighted by atomic mass is 32.2. The Balaban J connectivity index is 2.52. The second-order valence-electron chi connectivity index (χ2n) is 4.23. The number of hydrogen-bond acceptors (Lipinski definition) is 5. The SMILES string of the molecule is CCNS(=O)(=O)CCNc1cc(C(C)C)ncn1.